The second kappa shape index (κ2) is 10.3. The normalized spacial score (nSPS) is 11.6. The van der Waals surface area contributed by atoms with Crippen molar-refractivity contribution in [3.63, 3.8) is 0 Å². The van der Waals surface area contributed by atoms with Gasteiger partial charge >= 0.3 is 6.18 Å². The Labute approximate surface area is 193 Å². The fourth-order valence-corrected chi connectivity index (χ4v) is 3.34. The zero-order valence-corrected chi connectivity index (χ0v) is 18.4. The molecule has 0 saturated heterocycles. The number of aliphatic hydroxyl groups is 1. The van der Waals surface area contributed by atoms with Crippen molar-refractivity contribution in [1.82, 2.24) is 9.97 Å². The maximum Gasteiger partial charge on any atom is 0.417 e. The van der Waals surface area contributed by atoms with Crippen LogP contribution in [0.15, 0.2) is 53.5 Å². The van der Waals surface area contributed by atoms with Gasteiger partial charge in [0.1, 0.15) is 5.82 Å². The Morgan fingerprint density at radius 1 is 1.18 bits per heavy atom. The molecule has 0 saturated carbocycles. The predicted molar refractivity (Wildman–Crippen MR) is 123 cm³/mol. The lowest BCUT2D eigenvalue weighted by Crippen LogP contribution is -2.19. The maximum atomic E-state index is 13.5. The largest absolute Gasteiger partial charge is 0.417 e. The van der Waals surface area contributed by atoms with Gasteiger partial charge in [-0.3, -0.25) is 4.79 Å². The van der Waals surface area contributed by atoms with E-state index < -0.39 is 29.8 Å². The van der Waals surface area contributed by atoms with E-state index in [0.717, 1.165) is 18.2 Å². The molecule has 2 aromatic carbocycles. The van der Waals surface area contributed by atoms with Gasteiger partial charge < -0.3 is 20.8 Å². The van der Waals surface area contributed by atoms with Crippen molar-refractivity contribution in [2.45, 2.75) is 26.1 Å². The van der Waals surface area contributed by atoms with Crippen LogP contribution >= 0.6 is 0 Å². The van der Waals surface area contributed by atoms with Crippen molar-refractivity contribution in [3.8, 4) is 11.3 Å². The molecule has 0 fully saturated rings. The standard InChI is InChI=1S/C24H22F3N5O2/c1-14-30-20(13-33)22(21(31-14)15-6-4-3-5-7-15)32-23(34)16-8-9-18(24(25,26)27)17(12-16)19(28)10-11-29-2/h3-9,11-12,28,33H,10,13H2,1-2H3,(H,32,34). The van der Waals surface area contributed by atoms with Crippen molar-refractivity contribution in [2.24, 2.45) is 4.99 Å². The molecule has 3 N–H and O–H groups in total. The average molecular weight is 469 g/mol. The van der Waals surface area contributed by atoms with Gasteiger partial charge in [0.2, 0.25) is 0 Å². The first-order valence-corrected chi connectivity index (χ1v) is 10.2. The first-order valence-electron chi connectivity index (χ1n) is 10.2. The third-order valence-electron chi connectivity index (χ3n) is 4.92. The Bertz CT molecular complexity index is 1240. The summed E-state index contributed by atoms with van der Waals surface area (Å²) in [6, 6.07) is 11.8. The van der Waals surface area contributed by atoms with E-state index >= 15 is 0 Å². The highest BCUT2D eigenvalue weighted by Crippen LogP contribution is 2.34. The molecule has 34 heavy (non-hydrogen) atoms. The molecule has 0 unspecified atom stereocenters. The van der Waals surface area contributed by atoms with E-state index in [1.807, 2.05) is 6.07 Å². The molecule has 0 aliphatic rings. The number of hydrogen-bond acceptors (Lipinski definition) is 6. The van der Waals surface area contributed by atoms with E-state index in [2.05, 4.69) is 20.3 Å². The smallest absolute Gasteiger partial charge is 0.390 e. The van der Waals surface area contributed by atoms with Gasteiger partial charge in [-0.15, -0.1) is 0 Å². The van der Waals surface area contributed by atoms with Crippen LogP contribution in [0.2, 0.25) is 0 Å². The summed E-state index contributed by atoms with van der Waals surface area (Å²) in [6.07, 6.45) is -3.50. The van der Waals surface area contributed by atoms with E-state index in [4.69, 9.17) is 5.41 Å². The van der Waals surface area contributed by atoms with Crippen molar-refractivity contribution < 1.29 is 23.1 Å². The highest BCUT2D eigenvalue weighted by atomic mass is 19.4. The highest BCUT2D eigenvalue weighted by Gasteiger charge is 2.34. The number of nitrogens with one attached hydrogen (secondary N) is 2. The first-order chi connectivity index (χ1) is 16.2. The van der Waals surface area contributed by atoms with E-state index in [9.17, 15) is 23.1 Å². The molecule has 7 nitrogen and oxygen atoms in total. The van der Waals surface area contributed by atoms with Crippen LogP contribution in [-0.2, 0) is 12.8 Å². The van der Waals surface area contributed by atoms with Crippen LogP contribution in [0.5, 0.6) is 0 Å². The van der Waals surface area contributed by atoms with Gasteiger partial charge in [-0.05, 0) is 25.1 Å². The lowest BCUT2D eigenvalue weighted by molar-refractivity contribution is -0.137. The van der Waals surface area contributed by atoms with Crippen LogP contribution < -0.4 is 5.32 Å². The second-order valence-corrected chi connectivity index (χ2v) is 7.30. The van der Waals surface area contributed by atoms with Crippen LogP contribution in [-0.4, -0.2) is 40.0 Å². The van der Waals surface area contributed by atoms with Crippen molar-refractivity contribution in [3.05, 3.63) is 76.7 Å². The Hall–Kier alpha value is -3.92. The summed E-state index contributed by atoms with van der Waals surface area (Å²) in [5, 5.41) is 20.5. The van der Waals surface area contributed by atoms with Crippen molar-refractivity contribution in [1.29, 1.82) is 5.41 Å². The molecule has 3 rings (SSSR count). The number of alkyl halides is 3. The Morgan fingerprint density at radius 3 is 2.50 bits per heavy atom. The third-order valence-corrected chi connectivity index (χ3v) is 4.92. The number of hydrogen-bond donors (Lipinski definition) is 3. The van der Waals surface area contributed by atoms with Crippen molar-refractivity contribution >= 4 is 23.5 Å². The lowest BCUT2D eigenvalue weighted by atomic mass is 9.97. The fraction of sp³-hybridized carbons (Fsp3) is 0.208. The van der Waals surface area contributed by atoms with Crippen LogP contribution in [0.1, 0.15) is 39.4 Å². The first kappa shape index (κ1) is 24.7. The molecule has 1 aromatic heterocycles. The minimum Gasteiger partial charge on any atom is -0.390 e. The Balaban J connectivity index is 2.06. The maximum absolute atomic E-state index is 13.5. The zero-order valence-electron chi connectivity index (χ0n) is 18.4. The molecule has 0 bridgehead atoms. The number of anilines is 1. The van der Waals surface area contributed by atoms with Gasteiger partial charge in [-0.25, -0.2) is 9.97 Å². The number of halogens is 3. The number of rotatable bonds is 7. The molecule has 0 aliphatic carbocycles. The lowest BCUT2D eigenvalue weighted by Gasteiger charge is -2.17. The quantitative estimate of drug-likeness (QED) is 0.437. The van der Waals surface area contributed by atoms with Gasteiger partial charge in [-0.2, -0.15) is 13.2 Å². The molecular weight excluding hydrogens is 447 g/mol. The number of amides is 1. The average Bonchev–Trinajstić information content (AvgIpc) is 2.82. The number of carbonyl (C=O) groups excluding carboxylic acids is 1. The second-order valence-electron chi connectivity index (χ2n) is 7.30. The third kappa shape index (κ3) is 5.52. The topological polar surface area (TPSA) is 111 Å². The van der Waals surface area contributed by atoms with Gasteiger partial charge in [0.05, 0.1) is 29.2 Å². The van der Waals surface area contributed by atoms with E-state index in [0.29, 0.717) is 17.1 Å². The van der Waals surface area contributed by atoms with Crippen molar-refractivity contribution in [2.75, 3.05) is 12.4 Å². The summed E-state index contributed by atoms with van der Waals surface area (Å²) in [5.41, 5.74) is -0.505. The van der Waals surface area contributed by atoms with Gasteiger partial charge in [-0.1, -0.05) is 30.3 Å². The molecule has 0 aliphatic heterocycles. The molecule has 1 heterocycles. The summed E-state index contributed by atoms with van der Waals surface area (Å²) in [4.78, 5) is 25.3. The van der Waals surface area contributed by atoms with Crippen LogP contribution in [0.3, 0.4) is 0 Å². The molecule has 176 valence electrons. The summed E-state index contributed by atoms with van der Waals surface area (Å²) < 4.78 is 40.5. The summed E-state index contributed by atoms with van der Waals surface area (Å²) >= 11 is 0. The minimum atomic E-state index is -4.70. The summed E-state index contributed by atoms with van der Waals surface area (Å²) in [6.45, 7) is 1.16. The Morgan fingerprint density at radius 2 is 1.88 bits per heavy atom. The van der Waals surface area contributed by atoms with Gasteiger partial charge in [0, 0.05) is 42.1 Å². The van der Waals surface area contributed by atoms with Gasteiger partial charge in [0.15, 0.2) is 0 Å². The number of aliphatic hydroxyl groups excluding tert-OH is 1. The monoisotopic (exact) mass is 469 g/mol. The zero-order chi connectivity index (χ0) is 24.9. The van der Waals surface area contributed by atoms with E-state index in [-0.39, 0.29) is 29.1 Å². The highest BCUT2D eigenvalue weighted by molar-refractivity contribution is 6.10. The molecule has 10 heteroatoms. The molecule has 0 spiro atoms. The number of benzene rings is 2. The number of aliphatic imine (C=N–C) groups is 1. The molecule has 1 amide bonds. The SMILES string of the molecule is CN=CCC(=N)c1cc(C(=O)Nc2c(CO)nc(C)nc2-c2ccccc2)ccc1C(F)(F)F. The number of nitrogens with zero attached hydrogens (tertiary/aromatic N) is 3. The number of carbonyl (C=O) groups is 1. The predicted octanol–water partition coefficient (Wildman–Crippen LogP) is 4.67. The number of aromatic nitrogens is 2. The summed E-state index contributed by atoms with van der Waals surface area (Å²) in [5.74, 6) is -0.352. The number of aryl methyl sites for hydroxylation is 1. The van der Waals surface area contributed by atoms with Gasteiger partial charge in [0.25, 0.3) is 5.91 Å². The van der Waals surface area contributed by atoms with Crippen LogP contribution in [0.4, 0.5) is 18.9 Å². The molecular formula is C24H22F3N5O2. The van der Waals surface area contributed by atoms with Crippen LogP contribution in [0.25, 0.3) is 11.3 Å². The minimum absolute atomic E-state index is 0.0929. The molecule has 0 atom stereocenters. The fourth-order valence-electron chi connectivity index (χ4n) is 3.34. The van der Waals surface area contributed by atoms with Crippen LogP contribution in [0, 0.1) is 12.3 Å². The van der Waals surface area contributed by atoms with E-state index in [1.165, 1.54) is 13.3 Å². The molecule has 0 radical (unpaired) electrons. The molecule has 3 aromatic rings. The van der Waals surface area contributed by atoms with E-state index in [1.54, 1.807) is 31.2 Å². The summed E-state index contributed by atoms with van der Waals surface area (Å²) in [7, 11) is 1.45. The Kier molecular flexibility index (Phi) is 7.52.